The van der Waals surface area contributed by atoms with E-state index in [2.05, 4.69) is 21.7 Å². The fraction of sp³-hybridized carbons (Fsp3) is 0.571. The van der Waals surface area contributed by atoms with E-state index in [0.29, 0.717) is 17.5 Å². The van der Waals surface area contributed by atoms with Gasteiger partial charge in [-0.2, -0.15) is 4.98 Å². The number of anilines is 1. The summed E-state index contributed by atoms with van der Waals surface area (Å²) in [5.41, 5.74) is 5.71. The summed E-state index contributed by atoms with van der Waals surface area (Å²) in [6.45, 7) is 8.40. The van der Waals surface area contributed by atoms with Crippen LogP contribution in [0.2, 0.25) is 0 Å². The van der Waals surface area contributed by atoms with E-state index in [0.717, 1.165) is 32.0 Å². The molecular formula is C14H22N4OS. The number of nitrogens with zero attached hydrogens (tertiary/aromatic N) is 3. The molecule has 0 aliphatic carbocycles. The summed E-state index contributed by atoms with van der Waals surface area (Å²) >= 11 is 5.06. The van der Waals surface area contributed by atoms with Crippen LogP contribution in [-0.4, -0.2) is 53.7 Å². The molecule has 0 radical (unpaired) electrons. The first kappa shape index (κ1) is 15.0. The molecule has 1 unspecified atom stereocenters. The summed E-state index contributed by atoms with van der Waals surface area (Å²) in [6.07, 6.45) is 0. The second-order valence-corrected chi connectivity index (χ2v) is 5.34. The molecule has 0 amide bonds. The predicted octanol–water partition coefficient (Wildman–Crippen LogP) is 1.28. The van der Waals surface area contributed by atoms with Crippen LogP contribution in [0.4, 0.5) is 5.82 Å². The molecule has 20 heavy (non-hydrogen) atoms. The van der Waals surface area contributed by atoms with Gasteiger partial charge in [0.1, 0.15) is 5.82 Å². The van der Waals surface area contributed by atoms with Crippen LogP contribution in [0.15, 0.2) is 18.2 Å². The highest BCUT2D eigenvalue weighted by molar-refractivity contribution is 7.80. The van der Waals surface area contributed by atoms with Crippen molar-refractivity contribution in [3.8, 4) is 5.88 Å². The Bertz CT molecular complexity index is 460. The third-order valence-corrected chi connectivity index (χ3v) is 3.94. The summed E-state index contributed by atoms with van der Waals surface area (Å²) in [6, 6.07) is 6.06. The molecule has 1 fully saturated rings. The topological polar surface area (TPSA) is 54.6 Å². The Morgan fingerprint density at radius 2 is 2.10 bits per heavy atom. The van der Waals surface area contributed by atoms with E-state index < -0.39 is 0 Å². The van der Waals surface area contributed by atoms with Crippen molar-refractivity contribution in [3.63, 3.8) is 0 Å². The summed E-state index contributed by atoms with van der Waals surface area (Å²) < 4.78 is 5.45. The van der Waals surface area contributed by atoms with E-state index in [1.54, 1.807) is 0 Å². The lowest BCUT2D eigenvalue weighted by Gasteiger charge is -2.38. The van der Waals surface area contributed by atoms with Crippen molar-refractivity contribution in [3.05, 3.63) is 18.2 Å². The zero-order valence-corrected chi connectivity index (χ0v) is 12.9. The zero-order valence-electron chi connectivity index (χ0n) is 12.1. The fourth-order valence-electron chi connectivity index (χ4n) is 2.33. The van der Waals surface area contributed by atoms with Crippen molar-refractivity contribution in [1.29, 1.82) is 0 Å². The average Bonchev–Trinajstić information content (AvgIpc) is 2.47. The third kappa shape index (κ3) is 3.58. The van der Waals surface area contributed by atoms with Gasteiger partial charge in [0.15, 0.2) is 0 Å². The molecule has 0 bridgehead atoms. The lowest BCUT2D eigenvalue weighted by molar-refractivity contribution is 0.238. The van der Waals surface area contributed by atoms with Gasteiger partial charge in [-0.25, -0.2) is 0 Å². The lowest BCUT2D eigenvalue weighted by atomic mass is 10.2. The summed E-state index contributed by atoms with van der Waals surface area (Å²) in [5, 5.41) is 0. The minimum absolute atomic E-state index is 0.162. The van der Waals surface area contributed by atoms with Gasteiger partial charge in [0, 0.05) is 32.2 Å². The Labute approximate surface area is 125 Å². The van der Waals surface area contributed by atoms with Crippen LogP contribution in [0.1, 0.15) is 13.8 Å². The summed E-state index contributed by atoms with van der Waals surface area (Å²) in [4.78, 5) is 9.67. The molecule has 1 aliphatic heterocycles. The number of thiocarbonyl (C=S) groups is 1. The van der Waals surface area contributed by atoms with Crippen molar-refractivity contribution in [2.45, 2.75) is 19.9 Å². The van der Waals surface area contributed by atoms with Gasteiger partial charge >= 0.3 is 0 Å². The first-order valence-corrected chi connectivity index (χ1v) is 7.40. The normalized spacial score (nSPS) is 17.8. The van der Waals surface area contributed by atoms with Crippen molar-refractivity contribution >= 4 is 23.0 Å². The number of ether oxygens (including phenoxy) is 1. The molecular weight excluding hydrogens is 272 g/mol. The van der Waals surface area contributed by atoms with Gasteiger partial charge in [0.25, 0.3) is 0 Å². The average molecular weight is 294 g/mol. The molecule has 6 heteroatoms. The Morgan fingerprint density at radius 1 is 1.40 bits per heavy atom. The SMILES string of the molecule is CCOc1cccc(N2CCN(C(C)C(N)=S)CC2)n1. The minimum atomic E-state index is 0.162. The maximum Gasteiger partial charge on any atom is 0.215 e. The number of nitrogens with two attached hydrogens (primary N) is 1. The number of piperazine rings is 1. The first-order chi connectivity index (χ1) is 9.61. The van der Waals surface area contributed by atoms with Crippen LogP contribution >= 0.6 is 12.2 Å². The van der Waals surface area contributed by atoms with E-state index in [4.69, 9.17) is 22.7 Å². The van der Waals surface area contributed by atoms with E-state index >= 15 is 0 Å². The van der Waals surface area contributed by atoms with Crippen LogP contribution in [0.3, 0.4) is 0 Å². The fourth-order valence-corrected chi connectivity index (χ4v) is 2.48. The molecule has 1 aromatic rings. The van der Waals surface area contributed by atoms with Crippen LogP contribution < -0.4 is 15.4 Å². The number of hydrogen-bond donors (Lipinski definition) is 1. The Kier molecular flexibility index (Phi) is 5.14. The number of pyridine rings is 1. The van der Waals surface area contributed by atoms with Crippen molar-refractivity contribution in [2.24, 2.45) is 5.73 Å². The van der Waals surface area contributed by atoms with E-state index in [1.807, 2.05) is 25.1 Å². The highest BCUT2D eigenvalue weighted by Crippen LogP contribution is 2.18. The van der Waals surface area contributed by atoms with Gasteiger partial charge in [-0.05, 0) is 19.9 Å². The molecule has 1 atom stereocenters. The molecule has 0 aromatic carbocycles. The third-order valence-electron chi connectivity index (χ3n) is 3.60. The maximum absolute atomic E-state index is 5.71. The molecule has 2 N–H and O–H groups in total. The molecule has 5 nitrogen and oxygen atoms in total. The van der Waals surface area contributed by atoms with Gasteiger partial charge in [-0.15, -0.1) is 0 Å². The number of aromatic nitrogens is 1. The second-order valence-electron chi connectivity index (χ2n) is 4.87. The predicted molar refractivity (Wildman–Crippen MR) is 85.4 cm³/mol. The van der Waals surface area contributed by atoms with Crippen LogP contribution in [-0.2, 0) is 0 Å². The maximum atomic E-state index is 5.71. The van der Waals surface area contributed by atoms with Crippen molar-refractivity contribution in [1.82, 2.24) is 9.88 Å². The highest BCUT2D eigenvalue weighted by atomic mass is 32.1. The van der Waals surface area contributed by atoms with E-state index in [9.17, 15) is 0 Å². The summed E-state index contributed by atoms with van der Waals surface area (Å²) in [7, 11) is 0. The molecule has 1 aromatic heterocycles. The lowest BCUT2D eigenvalue weighted by Crippen LogP contribution is -2.52. The van der Waals surface area contributed by atoms with E-state index in [-0.39, 0.29) is 6.04 Å². The Morgan fingerprint density at radius 3 is 2.70 bits per heavy atom. The monoisotopic (exact) mass is 294 g/mol. The molecule has 0 saturated carbocycles. The molecule has 1 aliphatic rings. The van der Waals surface area contributed by atoms with Gasteiger partial charge in [-0.3, -0.25) is 4.90 Å². The molecule has 110 valence electrons. The largest absolute Gasteiger partial charge is 0.478 e. The highest BCUT2D eigenvalue weighted by Gasteiger charge is 2.23. The van der Waals surface area contributed by atoms with Crippen LogP contribution in [0, 0.1) is 0 Å². The smallest absolute Gasteiger partial charge is 0.215 e. The van der Waals surface area contributed by atoms with Gasteiger partial charge in [0.2, 0.25) is 5.88 Å². The van der Waals surface area contributed by atoms with Crippen molar-refractivity contribution < 1.29 is 4.74 Å². The standard InChI is InChI=1S/C14H22N4OS/c1-3-19-13-6-4-5-12(16-13)18-9-7-17(8-10-18)11(2)14(15)20/h4-6,11H,3,7-10H2,1-2H3,(H2,15,20). The second kappa shape index (κ2) is 6.85. The summed E-state index contributed by atoms with van der Waals surface area (Å²) in [5.74, 6) is 1.66. The van der Waals surface area contributed by atoms with Gasteiger partial charge < -0.3 is 15.4 Å². The number of rotatable bonds is 5. The zero-order chi connectivity index (χ0) is 14.5. The minimum Gasteiger partial charge on any atom is -0.478 e. The quantitative estimate of drug-likeness (QED) is 0.826. The number of hydrogen-bond acceptors (Lipinski definition) is 5. The molecule has 2 heterocycles. The van der Waals surface area contributed by atoms with Crippen LogP contribution in [0.25, 0.3) is 0 Å². The Balaban J connectivity index is 1.96. The first-order valence-electron chi connectivity index (χ1n) is 7.00. The molecule has 1 saturated heterocycles. The van der Waals surface area contributed by atoms with Gasteiger partial charge in [-0.1, -0.05) is 18.3 Å². The van der Waals surface area contributed by atoms with Crippen molar-refractivity contribution in [2.75, 3.05) is 37.7 Å². The van der Waals surface area contributed by atoms with Crippen LogP contribution in [0.5, 0.6) is 5.88 Å². The van der Waals surface area contributed by atoms with Gasteiger partial charge in [0.05, 0.1) is 17.6 Å². The molecule has 0 spiro atoms. The van der Waals surface area contributed by atoms with E-state index in [1.165, 1.54) is 0 Å². The molecule has 2 rings (SSSR count). The Hall–Kier alpha value is -1.40.